The zero-order chi connectivity index (χ0) is 13.1. The van der Waals surface area contributed by atoms with Crippen molar-refractivity contribution in [2.45, 2.75) is 12.6 Å². The molecule has 2 rings (SSSR count). The lowest BCUT2D eigenvalue weighted by atomic mass is 10.1. The maximum absolute atomic E-state index is 11.8. The summed E-state index contributed by atoms with van der Waals surface area (Å²) in [6, 6.07) is 0.532. The van der Waals surface area contributed by atoms with Gasteiger partial charge in [-0.3, -0.25) is 9.58 Å². The van der Waals surface area contributed by atoms with Crippen LogP contribution in [0.25, 0.3) is 0 Å². The van der Waals surface area contributed by atoms with Crippen molar-refractivity contribution in [3.8, 4) is 0 Å². The molecule has 0 saturated heterocycles. The van der Waals surface area contributed by atoms with Crippen LogP contribution in [0.5, 0.6) is 0 Å². The van der Waals surface area contributed by atoms with Gasteiger partial charge in [0.2, 0.25) is 0 Å². The molecule has 7 nitrogen and oxygen atoms in total. The smallest absolute Gasteiger partial charge is 0.411 e. The molecule has 0 saturated carbocycles. The lowest BCUT2D eigenvalue weighted by molar-refractivity contribution is -0.144. The summed E-state index contributed by atoms with van der Waals surface area (Å²) < 4.78 is 6.46. The summed E-state index contributed by atoms with van der Waals surface area (Å²) in [4.78, 5) is 24.2. The Balaban J connectivity index is 2.24. The van der Waals surface area contributed by atoms with Crippen LogP contribution in [0, 0.1) is 0 Å². The Kier molecular flexibility index (Phi) is 3.31. The van der Waals surface area contributed by atoms with E-state index in [1.165, 1.54) is 17.2 Å². The number of ether oxygens (including phenoxy) is 1. The van der Waals surface area contributed by atoms with Crippen LogP contribution in [-0.4, -0.2) is 45.0 Å². The van der Waals surface area contributed by atoms with Crippen molar-refractivity contribution in [2.75, 3.05) is 13.2 Å². The molecule has 7 heteroatoms. The fourth-order valence-electron chi connectivity index (χ4n) is 1.92. The SMILES string of the molecule is C=CCOC(=O)N1CCn2nccc2C1C(=O)O. The van der Waals surface area contributed by atoms with Gasteiger partial charge in [-0.2, -0.15) is 5.10 Å². The number of nitrogens with zero attached hydrogens (tertiary/aromatic N) is 3. The van der Waals surface area contributed by atoms with E-state index in [-0.39, 0.29) is 13.2 Å². The number of aromatic nitrogens is 2. The van der Waals surface area contributed by atoms with E-state index in [1.54, 1.807) is 10.7 Å². The molecule has 1 aromatic rings. The van der Waals surface area contributed by atoms with Crippen LogP contribution >= 0.6 is 0 Å². The predicted octanol–water partition coefficient (Wildman–Crippen LogP) is 0.647. The molecule has 1 N–H and O–H groups in total. The van der Waals surface area contributed by atoms with Gasteiger partial charge in [0.25, 0.3) is 0 Å². The molecule has 0 spiro atoms. The lowest BCUT2D eigenvalue weighted by Gasteiger charge is -2.32. The molecule has 0 bridgehead atoms. The summed E-state index contributed by atoms with van der Waals surface area (Å²) >= 11 is 0. The fourth-order valence-corrected chi connectivity index (χ4v) is 1.92. The van der Waals surface area contributed by atoms with Crippen LogP contribution in [0.3, 0.4) is 0 Å². The highest BCUT2D eigenvalue weighted by Gasteiger charge is 2.37. The minimum atomic E-state index is -1.10. The minimum Gasteiger partial charge on any atom is -0.479 e. The summed E-state index contributed by atoms with van der Waals surface area (Å²) in [5.41, 5.74) is 0.476. The highest BCUT2D eigenvalue weighted by molar-refractivity contribution is 5.81. The Morgan fingerprint density at radius 3 is 3.06 bits per heavy atom. The van der Waals surface area contributed by atoms with Crippen molar-refractivity contribution in [1.82, 2.24) is 14.7 Å². The van der Waals surface area contributed by atoms with E-state index in [0.29, 0.717) is 12.2 Å². The van der Waals surface area contributed by atoms with Crippen LogP contribution in [0.1, 0.15) is 11.7 Å². The molecule has 96 valence electrons. The topological polar surface area (TPSA) is 84.7 Å². The van der Waals surface area contributed by atoms with Crippen LogP contribution in [0.4, 0.5) is 4.79 Å². The molecule has 1 aliphatic heterocycles. The van der Waals surface area contributed by atoms with E-state index in [0.717, 1.165) is 0 Å². The van der Waals surface area contributed by atoms with Crippen molar-refractivity contribution in [3.63, 3.8) is 0 Å². The number of hydrogen-bond donors (Lipinski definition) is 1. The number of amides is 1. The molecular formula is C11H13N3O4. The average Bonchev–Trinajstić information content (AvgIpc) is 2.82. The molecule has 1 atom stereocenters. The van der Waals surface area contributed by atoms with Crippen molar-refractivity contribution in [2.24, 2.45) is 0 Å². The highest BCUT2D eigenvalue weighted by atomic mass is 16.6. The predicted molar refractivity (Wildman–Crippen MR) is 60.9 cm³/mol. The summed E-state index contributed by atoms with van der Waals surface area (Å²) in [5, 5.41) is 13.2. The Morgan fingerprint density at radius 1 is 1.61 bits per heavy atom. The van der Waals surface area contributed by atoms with Gasteiger partial charge in [0.15, 0.2) is 6.04 Å². The molecule has 0 aliphatic carbocycles. The van der Waals surface area contributed by atoms with E-state index < -0.39 is 18.1 Å². The maximum Gasteiger partial charge on any atom is 0.411 e. The third-order valence-electron chi connectivity index (χ3n) is 2.69. The first-order valence-electron chi connectivity index (χ1n) is 5.44. The van der Waals surface area contributed by atoms with Crippen LogP contribution in [0.15, 0.2) is 24.9 Å². The monoisotopic (exact) mass is 251 g/mol. The Bertz CT molecular complexity index is 482. The van der Waals surface area contributed by atoms with Gasteiger partial charge in [0, 0.05) is 12.7 Å². The summed E-state index contributed by atoms with van der Waals surface area (Å²) in [7, 11) is 0. The molecule has 18 heavy (non-hydrogen) atoms. The average molecular weight is 251 g/mol. The Morgan fingerprint density at radius 2 is 2.39 bits per heavy atom. The molecule has 2 heterocycles. The van der Waals surface area contributed by atoms with E-state index in [2.05, 4.69) is 11.7 Å². The van der Waals surface area contributed by atoms with Crippen molar-refractivity contribution >= 4 is 12.1 Å². The second-order valence-electron chi connectivity index (χ2n) is 3.78. The van der Waals surface area contributed by atoms with Crippen molar-refractivity contribution < 1.29 is 19.4 Å². The molecular weight excluding hydrogens is 238 g/mol. The zero-order valence-corrected chi connectivity index (χ0v) is 9.65. The van der Waals surface area contributed by atoms with Gasteiger partial charge in [0.05, 0.1) is 12.2 Å². The molecule has 0 fully saturated rings. The number of rotatable bonds is 3. The van der Waals surface area contributed by atoms with Crippen molar-refractivity contribution in [1.29, 1.82) is 0 Å². The first-order chi connectivity index (χ1) is 8.65. The molecule has 0 aromatic carbocycles. The lowest BCUT2D eigenvalue weighted by Crippen LogP contribution is -2.45. The van der Waals surface area contributed by atoms with Gasteiger partial charge < -0.3 is 9.84 Å². The van der Waals surface area contributed by atoms with Crippen LogP contribution < -0.4 is 0 Å². The Hall–Kier alpha value is -2.31. The summed E-state index contributed by atoms with van der Waals surface area (Å²) in [5.74, 6) is -1.10. The first kappa shape index (κ1) is 12.2. The summed E-state index contributed by atoms with van der Waals surface area (Å²) in [6.45, 7) is 4.20. The van der Waals surface area contributed by atoms with Crippen LogP contribution in [0.2, 0.25) is 0 Å². The van der Waals surface area contributed by atoms with Gasteiger partial charge in [-0.05, 0) is 6.07 Å². The molecule has 1 aromatic heterocycles. The van der Waals surface area contributed by atoms with Gasteiger partial charge in [-0.25, -0.2) is 9.59 Å². The van der Waals surface area contributed by atoms with Gasteiger partial charge in [-0.1, -0.05) is 12.7 Å². The number of carbonyl (C=O) groups is 2. The first-order valence-corrected chi connectivity index (χ1v) is 5.44. The third-order valence-corrected chi connectivity index (χ3v) is 2.69. The minimum absolute atomic E-state index is 0.0565. The zero-order valence-electron chi connectivity index (χ0n) is 9.65. The number of carboxylic acids is 1. The van der Waals surface area contributed by atoms with E-state index in [9.17, 15) is 14.7 Å². The van der Waals surface area contributed by atoms with Gasteiger partial charge >= 0.3 is 12.1 Å². The molecule has 1 amide bonds. The quantitative estimate of drug-likeness (QED) is 0.797. The maximum atomic E-state index is 11.8. The van der Waals surface area contributed by atoms with Crippen molar-refractivity contribution in [3.05, 3.63) is 30.6 Å². The molecule has 0 radical (unpaired) electrons. The second kappa shape index (κ2) is 4.91. The number of carboxylic acid groups (broad SMARTS) is 1. The normalized spacial score (nSPS) is 18.0. The van der Waals surface area contributed by atoms with E-state index in [4.69, 9.17) is 4.74 Å². The summed E-state index contributed by atoms with van der Waals surface area (Å²) in [6.07, 6.45) is 2.29. The number of fused-ring (bicyclic) bond motifs is 1. The second-order valence-corrected chi connectivity index (χ2v) is 3.78. The molecule has 1 aliphatic rings. The van der Waals surface area contributed by atoms with Gasteiger partial charge in [-0.15, -0.1) is 0 Å². The highest BCUT2D eigenvalue weighted by Crippen LogP contribution is 2.25. The van der Waals surface area contributed by atoms with Crippen LogP contribution in [-0.2, 0) is 16.1 Å². The standard InChI is InChI=1S/C11H13N3O4/c1-2-7-18-11(17)13-5-6-14-8(3-4-12-14)9(13)10(15)16/h2-4,9H,1,5-7H2,(H,15,16). The number of aliphatic carboxylic acids is 1. The largest absolute Gasteiger partial charge is 0.479 e. The number of carbonyl (C=O) groups excluding carboxylic acids is 1. The fraction of sp³-hybridized carbons (Fsp3) is 0.364. The third kappa shape index (κ3) is 2.06. The van der Waals surface area contributed by atoms with E-state index in [1.807, 2.05) is 0 Å². The molecule has 1 unspecified atom stereocenters. The number of hydrogen-bond acceptors (Lipinski definition) is 4. The van der Waals surface area contributed by atoms with E-state index >= 15 is 0 Å². The Labute approximate surface area is 103 Å². The van der Waals surface area contributed by atoms with Gasteiger partial charge in [0.1, 0.15) is 6.61 Å².